The number of nitrogens with zero attached hydrogens (tertiary/aromatic N) is 1. The summed E-state index contributed by atoms with van der Waals surface area (Å²) in [7, 11) is 0. The number of likely N-dealkylation sites (N-methyl/N-ethyl adjacent to an activating group) is 1. The van der Waals surface area contributed by atoms with Crippen LogP contribution in [0.4, 0.5) is 0 Å². The molecule has 3 rings (SSSR count). The van der Waals surface area contributed by atoms with Gasteiger partial charge in [-0.3, -0.25) is 14.6 Å². The van der Waals surface area contributed by atoms with Crippen molar-refractivity contribution in [3.63, 3.8) is 0 Å². The first-order valence-electron chi connectivity index (χ1n) is 10.0. The second kappa shape index (κ2) is 9.03. The van der Waals surface area contributed by atoms with Crippen molar-refractivity contribution in [1.29, 1.82) is 0 Å². The van der Waals surface area contributed by atoms with E-state index in [1.54, 1.807) is 13.8 Å². The minimum absolute atomic E-state index is 0.282. The first kappa shape index (κ1) is 20.8. The average molecular weight is 397 g/mol. The number of aryl methyl sites for hydroxylation is 1. The van der Waals surface area contributed by atoms with E-state index < -0.39 is 24.5 Å². The molecule has 7 heteroatoms. The first-order valence-corrected chi connectivity index (χ1v) is 10.0. The van der Waals surface area contributed by atoms with Crippen LogP contribution in [0.5, 0.6) is 0 Å². The predicted molar refractivity (Wildman–Crippen MR) is 110 cm³/mol. The number of rotatable bonds is 6. The molecule has 0 radical (unpaired) electrons. The molecular weight excluding hydrogens is 370 g/mol. The molecular formula is C22H27N3O4. The van der Waals surface area contributed by atoms with Crippen LogP contribution >= 0.6 is 0 Å². The van der Waals surface area contributed by atoms with Crippen molar-refractivity contribution in [2.45, 2.75) is 46.1 Å². The fraction of sp³-hybridized carbons (Fsp3) is 0.455. The Balaban J connectivity index is 1.78. The summed E-state index contributed by atoms with van der Waals surface area (Å²) in [5.74, 6) is -0.874. The van der Waals surface area contributed by atoms with Crippen molar-refractivity contribution in [2.75, 3.05) is 13.2 Å². The van der Waals surface area contributed by atoms with Gasteiger partial charge in [0.25, 0.3) is 5.91 Å². The standard InChI is InChI=1S/C22H27N3O4/c1-4-23-21(27)14(3)24-19(26)12-29-22(28)20-15-7-5-6-8-17(15)25-18-10-9-13(2)11-16(18)20/h5-8,13-14H,4,9-12H2,1-3H3,(H,23,27)(H,24,26)/t13-,14+/m1/s1. The highest BCUT2D eigenvalue weighted by molar-refractivity contribution is 6.05. The maximum absolute atomic E-state index is 13.0. The number of para-hydroxylation sites is 1. The molecule has 7 nitrogen and oxygen atoms in total. The van der Waals surface area contributed by atoms with Crippen molar-refractivity contribution < 1.29 is 19.1 Å². The second-order valence-electron chi connectivity index (χ2n) is 7.54. The molecule has 0 bridgehead atoms. The Hall–Kier alpha value is -2.96. The van der Waals surface area contributed by atoms with Crippen LogP contribution in [0.15, 0.2) is 24.3 Å². The van der Waals surface area contributed by atoms with E-state index in [2.05, 4.69) is 17.6 Å². The van der Waals surface area contributed by atoms with Gasteiger partial charge in [-0.2, -0.15) is 0 Å². The Bertz CT molecular complexity index is 941. The summed E-state index contributed by atoms with van der Waals surface area (Å²) >= 11 is 0. The third-order valence-corrected chi connectivity index (χ3v) is 5.17. The zero-order chi connectivity index (χ0) is 21.0. The Morgan fingerprint density at radius 1 is 1.28 bits per heavy atom. The summed E-state index contributed by atoms with van der Waals surface area (Å²) in [5, 5.41) is 5.91. The third kappa shape index (κ3) is 4.72. The summed E-state index contributed by atoms with van der Waals surface area (Å²) in [6.07, 6.45) is 2.62. The number of carbonyl (C=O) groups is 3. The number of carbonyl (C=O) groups excluding carboxylic acids is 3. The fourth-order valence-corrected chi connectivity index (χ4v) is 3.68. The molecule has 0 aliphatic heterocycles. The van der Waals surface area contributed by atoms with Gasteiger partial charge >= 0.3 is 5.97 Å². The molecule has 2 amide bonds. The molecule has 1 aliphatic carbocycles. The highest BCUT2D eigenvalue weighted by Gasteiger charge is 2.26. The van der Waals surface area contributed by atoms with Crippen LogP contribution in [0.1, 0.15) is 48.8 Å². The molecule has 29 heavy (non-hydrogen) atoms. The third-order valence-electron chi connectivity index (χ3n) is 5.17. The van der Waals surface area contributed by atoms with E-state index in [4.69, 9.17) is 9.72 Å². The topological polar surface area (TPSA) is 97.4 Å². The van der Waals surface area contributed by atoms with E-state index in [0.29, 0.717) is 18.0 Å². The van der Waals surface area contributed by atoms with Crippen LogP contribution in [0, 0.1) is 5.92 Å². The lowest BCUT2D eigenvalue weighted by Gasteiger charge is -2.24. The molecule has 1 aliphatic rings. The zero-order valence-electron chi connectivity index (χ0n) is 17.1. The van der Waals surface area contributed by atoms with E-state index in [0.717, 1.165) is 41.4 Å². The van der Waals surface area contributed by atoms with Gasteiger partial charge in [0.1, 0.15) is 6.04 Å². The number of benzene rings is 1. The van der Waals surface area contributed by atoms with Gasteiger partial charge in [0, 0.05) is 17.6 Å². The minimum Gasteiger partial charge on any atom is -0.452 e. The molecule has 0 fully saturated rings. The van der Waals surface area contributed by atoms with Crippen molar-refractivity contribution >= 4 is 28.7 Å². The molecule has 2 N–H and O–H groups in total. The van der Waals surface area contributed by atoms with Crippen molar-refractivity contribution in [1.82, 2.24) is 15.6 Å². The molecule has 2 aromatic rings. The summed E-state index contributed by atoms with van der Waals surface area (Å²) in [6.45, 7) is 5.58. The maximum atomic E-state index is 13.0. The molecule has 0 unspecified atom stereocenters. The van der Waals surface area contributed by atoms with E-state index in [1.165, 1.54) is 0 Å². The van der Waals surface area contributed by atoms with Crippen molar-refractivity contribution in [3.8, 4) is 0 Å². The molecule has 1 heterocycles. The van der Waals surface area contributed by atoms with Crippen LogP contribution in [0.3, 0.4) is 0 Å². The molecule has 0 spiro atoms. The van der Waals surface area contributed by atoms with Gasteiger partial charge in [0.05, 0.1) is 11.1 Å². The van der Waals surface area contributed by atoms with Crippen molar-refractivity contribution in [3.05, 3.63) is 41.1 Å². The predicted octanol–water partition coefficient (Wildman–Crippen LogP) is 2.16. The monoisotopic (exact) mass is 397 g/mol. The quantitative estimate of drug-likeness (QED) is 0.728. The summed E-state index contributed by atoms with van der Waals surface area (Å²) in [4.78, 5) is 41.5. The number of esters is 1. The van der Waals surface area contributed by atoms with Crippen LogP contribution in [0.2, 0.25) is 0 Å². The SMILES string of the molecule is CCNC(=O)[C@H](C)NC(=O)COC(=O)c1c2c(nc3ccccc13)CC[C@@H](C)C2. The van der Waals surface area contributed by atoms with Gasteiger partial charge < -0.3 is 15.4 Å². The fourth-order valence-electron chi connectivity index (χ4n) is 3.68. The minimum atomic E-state index is -0.698. The first-order chi connectivity index (χ1) is 13.9. The molecule has 1 aromatic heterocycles. The largest absolute Gasteiger partial charge is 0.452 e. The van der Waals surface area contributed by atoms with Gasteiger partial charge in [-0.1, -0.05) is 25.1 Å². The van der Waals surface area contributed by atoms with E-state index in [9.17, 15) is 14.4 Å². The Labute approximate surface area is 170 Å². The number of aromatic nitrogens is 1. The maximum Gasteiger partial charge on any atom is 0.339 e. The van der Waals surface area contributed by atoms with Crippen LogP contribution in [-0.4, -0.2) is 42.0 Å². The Morgan fingerprint density at radius 2 is 2.03 bits per heavy atom. The van der Waals surface area contributed by atoms with E-state index in [-0.39, 0.29) is 5.91 Å². The summed E-state index contributed by atoms with van der Waals surface area (Å²) in [6, 6.07) is 6.79. The van der Waals surface area contributed by atoms with Gasteiger partial charge in [0.15, 0.2) is 6.61 Å². The number of fused-ring (bicyclic) bond motifs is 2. The number of nitrogens with one attached hydrogen (secondary N) is 2. The Morgan fingerprint density at radius 3 is 2.79 bits per heavy atom. The Kier molecular flexibility index (Phi) is 6.46. The molecule has 154 valence electrons. The summed E-state index contributed by atoms with van der Waals surface area (Å²) in [5.41, 5.74) is 3.11. The molecule has 2 atom stereocenters. The lowest BCUT2D eigenvalue weighted by atomic mass is 9.84. The number of hydrogen-bond donors (Lipinski definition) is 2. The number of pyridine rings is 1. The average Bonchev–Trinajstić information content (AvgIpc) is 2.70. The van der Waals surface area contributed by atoms with Gasteiger partial charge in [-0.05, 0) is 50.7 Å². The van der Waals surface area contributed by atoms with Crippen molar-refractivity contribution in [2.24, 2.45) is 5.92 Å². The zero-order valence-corrected chi connectivity index (χ0v) is 17.1. The van der Waals surface area contributed by atoms with Gasteiger partial charge in [-0.15, -0.1) is 0 Å². The lowest BCUT2D eigenvalue weighted by molar-refractivity contribution is -0.130. The molecule has 1 aromatic carbocycles. The highest BCUT2D eigenvalue weighted by atomic mass is 16.5. The van der Waals surface area contributed by atoms with Gasteiger partial charge in [0.2, 0.25) is 5.91 Å². The summed E-state index contributed by atoms with van der Waals surface area (Å²) < 4.78 is 5.33. The highest BCUT2D eigenvalue weighted by Crippen LogP contribution is 2.31. The number of amides is 2. The van der Waals surface area contributed by atoms with Gasteiger partial charge in [-0.25, -0.2) is 4.79 Å². The normalized spacial score (nSPS) is 16.6. The van der Waals surface area contributed by atoms with Crippen LogP contribution < -0.4 is 10.6 Å². The molecule has 0 saturated heterocycles. The number of hydrogen-bond acceptors (Lipinski definition) is 5. The number of ether oxygens (including phenoxy) is 1. The van der Waals surface area contributed by atoms with E-state index >= 15 is 0 Å². The second-order valence-corrected chi connectivity index (χ2v) is 7.54. The molecule has 0 saturated carbocycles. The lowest BCUT2D eigenvalue weighted by Crippen LogP contribution is -2.46. The van der Waals surface area contributed by atoms with E-state index in [1.807, 2.05) is 24.3 Å². The smallest absolute Gasteiger partial charge is 0.339 e. The van der Waals surface area contributed by atoms with Crippen LogP contribution in [0.25, 0.3) is 10.9 Å². The van der Waals surface area contributed by atoms with Crippen LogP contribution in [-0.2, 0) is 27.2 Å².